The van der Waals surface area contributed by atoms with Gasteiger partial charge in [0.15, 0.2) is 16.3 Å². The van der Waals surface area contributed by atoms with Gasteiger partial charge in [0.2, 0.25) is 0 Å². The highest BCUT2D eigenvalue weighted by Crippen LogP contribution is 2.27. The lowest BCUT2D eigenvalue weighted by atomic mass is 10.3. The van der Waals surface area contributed by atoms with Crippen molar-refractivity contribution in [3.05, 3.63) is 43.5 Å². The maximum absolute atomic E-state index is 13.7. The summed E-state index contributed by atoms with van der Waals surface area (Å²) in [6.45, 7) is 0.643. The smallest absolute Gasteiger partial charge is 0.178 e. The van der Waals surface area contributed by atoms with E-state index < -0.39 is 5.82 Å². The number of aromatic amines is 1. The van der Waals surface area contributed by atoms with Crippen molar-refractivity contribution in [1.29, 1.82) is 0 Å². The molecule has 0 radical (unpaired) electrons. The van der Waals surface area contributed by atoms with Crippen LogP contribution < -0.4 is 4.74 Å². The Morgan fingerprint density at radius 1 is 1.45 bits per heavy atom. The number of nitrogens with one attached hydrogen (secondary N) is 1. The second-order valence-corrected chi connectivity index (χ2v) is 6.55. The largest absolute Gasteiger partial charge is 0.494 e. The third-order valence-corrected chi connectivity index (χ3v) is 4.99. The van der Waals surface area contributed by atoms with Crippen LogP contribution in [0.15, 0.2) is 28.1 Å². The highest BCUT2D eigenvalue weighted by molar-refractivity contribution is 9.10. The molecule has 0 aliphatic heterocycles. The SMILES string of the molecule is COc1cc2c(cc1F)[nH]c(=S)n2Cc1cc(Br)cs1. The predicted octanol–water partition coefficient (Wildman–Crippen LogP) is 4.72. The molecule has 3 rings (SSSR count). The van der Waals surface area contributed by atoms with Gasteiger partial charge in [-0.3, -0.25) is 0 Å². The Hall–Kier alpha value is -1.18. The van der Waals surface area contributed by atoms with Crippen molar-refractivity contribution in [3.63, 3.8) is 0 Å². The van der Waals surface area contributed by atoms with E-state index in [0.29, 0.717) is 16.8 Å². The summed E-state index contributed by atoms with van der Waals surface area (Å²) >= 11 is 10.4. The van der Waals surface area contributed by atoms with Crippen LogP contribution in [0.1, 0.15) is 4.88 Å². The minimum absolute atomic E-state index is 0.215. The lowest BCUT2D eigenvalue weighted by Gasteiger charge is -2.05. The maximum atomic E-state index is 13.7. The van der Waals surface area contributed by atoms with Gasteiger partial charge in [0.1, 0.15) is 0 Å². The number of nitrogens with zero attached hydrogens (tertiary/aromatic N) is 1. The average molecular weight is 373 g/mol. The van der Waals surface area contributed by atoms with E-state index in [0.717, 1.165) is 14.9 Å². The molecule has 104 valence electrons. The predicted molar refractivity (Wildman–Crippen MR) is 84.8 cm³/mol. The Balaban J connectivity index is 2.14. The number of fused-ring (bicyclic) bond motifs is 1. The fourth-order valence-electron chi connectivity index (χ4n) is 2.06. The Bertz CT molecular complexity index is 837. The van der Waals surface area contributed by atoms with Crippen molar-refractivity contribution in [2.75, 3.05) is 7.11 Å². The van der Waals surface area contributed by atoms with Gasteiger partial charge in [-0.05, 0) is 34.2 Å². The van der Waals surface area contributed by atoms with E-state index in [1.165, 1.54) is 13.2 Å². The number of H-pyrrole nitrogens is 1. The fourth-order valence-corrected chi connectivity index (χ4v) is 3.78. The summed E-state index contributed by atoms with van der Waals surface area (Å²) < 4.78 is 22.3. The minimum atomic E-state index is -0.401. The van der Waals surface area contributed by atoms with E-state index >= 15 is 0 Å². The van der Waals surface area contributed by atoms with Crippen LogP contribution in [0.3, 0.4) is 0 Å². The Morgan fingerprint density at radius 3 is 2.90 bits per heavy atom. The van der Waals surface area contributed by atoms with E-state index in [-0.39, 0.29) is 5.75 Å². The molecule has 7 heteroatoms. The van der Waals surface area contributed by atoms with E-state index in [9.17, 15) is 4.39 Å². The van der Waals surface area contributed by atoms with Gasteiger partial charge < -0.3 is 14.3 Å². The summed E-state index contributed by atoms with van der Waals surface area (Å²) in [5, 5.41) is 2.02. The van der Waals surface area contributed by atoms with Gasteiger partial charge in [-0.2, -0.15) is 0 Å². The molecule has 0 saturated heterocycles. The molecule has 3 nitrogen and oxygen atoms in total. The monoisotopic (exact) mass is 372 g/mol. The van der Waals surface area contributed by atoms with Gasteiger partial charge in [-0.15, -0.1) is 11.3 Å². The normalized spacial score (nSPS) is 11.2. The Labute approximate surface area is 132 Å². The summed E-state index contributed by atoms with van der Waals surface area (Å²) in [6.07, 6.45) is 0. The summed E-state index contributed by atoms with van der Waals surface area (Å²) in [5.41, 5.74) is 1.50. The van der Waals surface area contributed by atoms with Crippen LogP contribution in [-0.2, 0) is 6.54 Å². The Morgan fingerprint density at radius 2 is 2.25 bits per heavy atom. The second-order valence-electron chi connectivity index (χ2n) is 4.25. The molecule has 0 aliphatic rings. The number of methoxy groups -OCH3 is 1. The van der Waals surface area contributed by atoms with Crippen LogP contribution in [0.5, 0.6) is 5.75 Å². The lowest BCUT2D eigenvalue weighted by molar-refractivity contribution is 0.387. The van der Waals surface area contributed by atoms with Crippen LogP contribution in [0.25, 0.3) is 11.0 Å². The zero-order chi connectivity index (χ0) is 14.3. The van der Waals surface area contributed by atoms with Crippen LogP contribution in [-0.4, -0.2) is 16.7 Å². The van der Waals surface area contributed by atoms with E-state index in [2.05, 4.69) is 20.9 Å². The first-order chi connectivity index (χ1) is 9.58. The minimum Gasteiger partial charge on any atom is -0.494 e. The van der Waals surface area contributed by atoms with Crippen LogP contribution in [0, 0.1) is 10.6 Å². The first kappa shape index (κ1) is 13.8. The van der Waals surface area contributed by atoms with Gasteiger partial charge in [0, 0.05) is 26.9 Å². The zero-order valence-corrected chi connectivity index (χ0v) is 13.7. The number of ether oxygens (including phenoxy) is 1. The summed E-state index contributed by atoms with van der Waals surface area (Å²) in [5.74, 6) is -0.185. The molecule has 0 unspecified atom stereocenters. The van der Waals surface area contributed by atoms with Crippen molar-refractivity contribution in [2.24, 2.45) is 0 Å². The van der Waals surface area contributed by atoms with Crippen LogP contribution in [0.4, 0.5) is 4.39 Å². The molecule has 1 aromatic carbocycles. The molecular weight excluding hydrogens is 363 g/mol. The van der Waals surface area contributed by atoms with Crippen molar-refractivity contribution >= 4 is 50.5 Å². The number of imidazole rings is 1. The summed E-state index contributed by atoms with van der Waals surface area (Å²) in [6, 6.07) is 5.12. The average Bonchev–Trinajstić information content (AvgIpc) is 2.94. The van der Waals surface area contributed by atoms with Crippen LogP contribution in [0.2, 0.25) is 0 Å². The van der Waals surface area contributed by atoms with E-state index in [1.54, 1.807) is 17.4 Å². The number of aromatic nitrogens is 2. The van der Waals surface area contributed by atoms with Crippen molar-refractivity contribution in [2.45, 2.75) is 6.54 Å². The molecule has 0 saturated carbocycles. The molecule has 20 heavy (non-hydrogen) atoms. The maximum Gasteiger partial charge on any atom is 0.178 e. The number of benzene rings is 1. The molecular formula is C13H10BrFN2OS2. The Kier molecular flexibility index (Phi) is 3.66. The molecule has 2 aromatic heterocycles. The van der Waals surface area contributed by atoms with Crippen molar-refractivity contribution in [3.8, 4) is 5.75 Å². The summed E-state index contributed by atoms with van der Waals surface area (Å²) in [4.78, 5) is 4.19. The molecule has 0 aliphatic carbocycles. The zero-order valence-electron chi connectivity index (χ0n) is 10.4. The third kappa shape index (κ3) is 2.41. The number of hydrogen-bond acceptors (Lipinski definition) is 3. The second kappa shape index (κ2) is 5.31. The highest BCUT2D eigenvalue weighted by Gasteiger charge is 2.11. The molecule has 0 amide bonds. The van der Waals surface area contributed by atoms with Gasteiger partial charge >= 0.3 is 0 Å². The van der Waals surface area contributed by atoms with Crippen LogP contribution >= 0.6 is 39.5 Å². The highest BCUT2D eigenvalue weighted by atomic mass is 79.9. The van der Waals surface area contributed by atoms with Gasteiger partial charge in [-0.25, -0.2) is 4.39 Å². The van der Waals surface area contributed by atoms with Gasteiger partial charge in [-0.1, -0.05) is 0 Å². The fraction of sp³-hybridized carbons (Fsp3) is 0.154. The molecule has 2 heterocycles. The van der Waals surface area contributed by atoms with Gasteiger partial charge in [0.25, 0.3) is 0 Å². The number of thiophene rings is 1. The molecule has 1 N–H and O–H groups in total. The number of rotatable bonds is 3. The van der Waals surface area contributed by atoms with Gasteiger partial charge in [0.05, 0.1) is 24.7 Å². The number of hydrogen-bond donors (Lipinski definition) is 1. The third-order valence-electron chi connectivity index (χ3n) is 2.98. The van der Waals surface area contributed by atoms with Crippen molar-refractivity contribution < 1.29 is 9.13 Å². The molecule has 0 spiro atoms. The molecule has 0 atom stereocenters. The molecule has 0 bridgehead atoms. The molecule has 3 aromatic rings. The first-order valence-electron chi connectivity index (χ1n) is 5.77. The first-order valence-corrected chi connectivity index (χ1v) is 7.85. The standard InChI is InChI=1S/C13H10BrFN2OS2/c1-18-12-4-11-10(3-9(12)15)16-13(19)17(11)5-8-2-7(14)6-20-8/h2-4,6H,5H2,1H3,(H,16,19). The lowest BCUT2D eigenvalue weighted by Crippen LogP contribution is -1.98. The number of halogens is 2. The van der Waals surface area contributed by atoms with E-state index in [4.69, 9.17) is 17.0 Å². The summed E-state index contributed by atoms with van der Waals surface area (Å²) in [7, 11) is 1.45. The van der Waals surface area contributed by atoms with E-state index in [1.807, 2.05) is 16.0 Å². The molecule has 0 fully saturated rings. The van der Waals surface area contributed by atoms with Crippen molar-refractivity contribution in [1.82, 2.24) is 9.55 Å². The quantitative estimate of drug-likeness (QED) is 0.674. The topological polar surface area (TPSA) is 29.9 Å².